The van der Waals surface area contributed by atoms with Crippen molar-refractivity contribution in [2.45, 2.75) is 5.75 Å². The maximum atomic E-state index is 5.29. The highest BCUT2D eigenvalue weighted by molar-refractivity contribution is 7.98. The summed E-state index contributed by atoms with van der Waals surface area (Å²) in [5.41, 5.74) is 4.52. The van der Waals surface area contributed by atoms with Crippen molar-refractivity contribution in [2.24, 2.45) is 5.84 Å². The Balaban J connectivity index is 2.34. The fraction of sp³-hybridized carbons (Fsp3) is 0.444. The van der Waals surface area contributed by atoms with Crippen LogP contribution >= 0.6 is 11.8 Å². The Morgan fingerprint density at radius 1 is 1.64 bits per heavy atom. The van der Waals surface area contributed by atoms with Crippen molar-refractivity contribution in [3.8, 4) is 0 Å². The molecule has 0 spiro atoms. The van der Waals surface area contributed by atoms with Crippen LogP contribution in [0.4, 0.5) is 5.69 Å². The molecule has 0 fully saturated rings. The van der Waals surface area contributed by atoms with E-state index in [-0.39, 0.29) is 0 Å². The molecule has 0 aliphatic rings. The van der Waals surface area contributed by atoms with E-state index in [9.17, 15) is 0 Å². The second kappa shape index (κ2) is 6.64. The van der Waals surface area contributed by atoms with Gasteiger partial charge in [0.25, 0.3) is 0 Å². The van der Waals surface area contributed by atoms with Gasteiger partial charge in [0, 0.05) is 24.8 Å². The van der Waals surface area contributed by atoms with Gasteiger partial charge in [-0.25, -0.2) is 0 Å². The van der Waals surface area contributed by atoms with E-state index in [2.05, 4.69) is 10.4 Å². The summed E-state index contributed by atoms with van der Waals surface area (Å²) in [5, 5.41) is 0. The van der Waals surface area contributed by atoms with E-state index in [1.807, 2.05) is 12.1 Å². The minimum Gasteiger partial charge on any atom is -0.384 e. The van der Waals surface area contributed by atoms with Crippen molar-refractivity contribution < 1.29 is 4.74 Å². The first-order valence-corrected chi connectivity index (χ1v) is 5.50. The highest BCUT2D eigenvalue weighted by Crippen LogP contribution is 2.13. The summed E-state index contributed by atoms with van der Waals surface area (Å²) in [4.78, 5) is 4.23. The van der Waals surface area contributed by atoms with Gasteiger partial charge in [0.2, 0.25) is 0 Å². The van der Waals surface area contributed by atoms with Gasteiger partial charge in [-0.1, -0.05) is 0 Å². The molecule has 0 aliphatic heterocycles. The number of aromatic nitrogens is 1. The zero-order chi connectivity index (χ0) is 10.2. The minimum atomic E-state index is 0.777. The molecule has 0 atom stereocenters. The quantitative estimate of drug-likeness (QED) is 0.423. The van der Waals surface area contributed by atoms with E-state index in [4.69, 9.17) is 10.6 Å². The first-order valence-electron chi connectivity index (χ1n) is 4.35. The van der Waals surface area contributed by atoms with Crippen LogP contribution in [0.1, 0.15) is 5.69 Å². The highest BCUT2D eigenvalue weighted by Gasteiger charge is 1.96. The van der Waals surface area contributed by atoms with Crippen LogP contribution in [0.2, 0.25) is 0 Å². The van der Waals surface area contributed by atoms with Crippen molar-refractivity contribution in [3.05, 3.63) is 24.0 Å². The third-order valence-corrected chi connectivity index (χ3v) is 2.62. The van der Waals surface area contributed by atoms with Crippen molar-refractivity contribution >= 4 is 17.4 Å². The summed E-state index contributed by atoms with van der Waals surface area (Å²) < 4.78 is 4.95. The normalized spacial score (nSPS) is 10.1. The predicted molar refractivity (Wildman–Crippen MR) is 60.1 cm³/mol. The SMILES string of the molecule is COCCSCc1cc(NN)ccn1. The number of nitrogens with zero attached hydrogens (tertiary/aromatic N) is 1. The Morgan fingerprint density at radius 3 is 3.21 bits per heavy atom. The fourth-order valence-electron chi connectivity index (χ4n) is 0.966. The molecule has 1 rings (SSSR count). The van der Waals surface area contributed by atoms with Gasteiger partial charge in [-0.2, -0.15) is 11.8 Å². The van der Waals surface area contributed by atoms with Gasteiger partial charge in [0.15, 0.2) is 0 Å². The molecule has 0 unspecified atom stereocenters. The molecule has 14 heavy (non-hydrogen) atoms. The van der Waals surface area contributed by atoms with Gasteiger partial charge in [0.05, 0.1) is 18.0 Å². The second-order valence-corrected chi connectivity index (χ2v) is 3.83. The molecule has 0 bridgehead atoms. The Hall–Kier alpha value is -0.780. The maximum Gasteiger partial charge on any atom is 0.0553 e. The predicted octanol–water partition coefficient (Wildman–Crippen LogP) is 1.25. The van der Waals surface area contributed by atoms with Crippen LogP contribution < -0.4 is 11.3 Å². The fourth-order valence-corrected chi connectivity index (χ4v) is 1.76. The number of methoxy groups -OCH3 is 1. The van der Waals surface area contributed by atoms with Gasteiger partial charge in [0.1, 0.15) is 0 Å². The largest absolute Gasteiger partial charge is 0.384 e. The van der Waals surface area contributed by atoms with Gasteiger partial charge >= 0.3 is 0 Å². The first-order chi connectivity index (χ1) is 6.86. The molecule has 0 aliphatic carbocycles. The maximum absolute atomic E-state index is 5.29. The third kappa shape index (κ3) is 3.95. The smallest absolute Gasteiger partial charge is 0.0553 e. The molecular weight excluding hydrogens is 198 g/mol. The molecule has 4 nitrogen and oxygen atoms in total. The van der Waals surface area contributed by atoms with E-state index in [1.165, 1.54) is 0 Å². The monoisotopic (exact) mass is 213 g/mol. The van der Waals surface area contributed by atoms with Crippen LogP contribution in [-0.2, 0) is 10.5 Å². The number of hydrogen-bond acceptors (Lipinski definition) is 5. The standard InChI is InChI=1S/C9H15N3OS/c1-13-4-5-14-7-9-6-8(12-10)2-3-11-9/h2-3,6H,4-5,7,10H2,1H3,(H,11,12). The third-order valence-electron chi connectivity index (χ3n) is 1.66. The van der Waals surface area contributed by atoms with E-state index < -0.39 is 0 Å². The van der Waals surface area contributed by atoms with E-state index in [0.717, 1.165) is 29.5 Å². The summed E-state index contributed by atoms with van der Waals surface area (Å²) in [6.45, 7) is 0.777. The summed E-state index contributed by atoms with van der Waals surface area (Å²) in [6, 6.07) is 3.78. The summed E-state index contributed by atoms with van der Waals surface area (Å²) >= 11 is 1.79. The second-order valence-electron chi connectivity index (χ2n) is 2.73. The van der Waals surface area contributed by atoms with E-state index in [0.29, 0.717) is 0 Å². The molecule has 0 amide bonds. The topological polar surface area (TPSA) is 60.2 Å². The number of hydrogen-bond donors (Lipinski definition) is 2. The summed E-state index contributed by atoms with van der Waals surface area (Å²) in [5.74, 6) is 7.16. The highest BCUT2D eigenvalue weighted by atomic mass is 32.2. The minimum absolute atomic E-state index is 0.777. The Kier molecular flexibility index (Phi) is 5.36. The molecule has 78 valence electrons. The summed E-state index contributed by atoms with van der Waals surface area (Å²) in [6.07, 6.45) is 1.75. The molecule has 0 aromatic carbocycles. The van der Waals surface area contributed by atoms with Crippen molar-refractivity contribution in [1.29, 1.82) is 0 Å². The molecule has 0 radical (unpaired) electrons. The lowest BCUT2D eigenvalue weighted by Crippen LogP contribution is -2.07. The van der Waals surface area contributed by atoms with Crippen LogP contribution in [0.5, 0.6) is 0 Å². The molecule has 1 aromatic heterocycles. The lowest BCUT2D eigenvalue weighted by Gasteiger charge is -2.03. The number of ether oxygens (including phenoxy) is 1. The van der Waals surface area contributed by atoms with Gasteiger partial charge in [-0.3, -0.25) is 10.8 Å². The molecular formula is C9H15N3OS. The zero-order valence-electron chi connectivity index (χ0n) is 8.19. The van der Waals surface area contributed by atoms with Crippen molar-refractivity contribution in [1.82, 2.24) is 4.98 Å². The number of thioether (sulfide) groups is 1. The van der Waals surface area contributed by atoms with Gasteiger partial charge in [-0.05, 0) is 12.1 Å². The number of nitrogen functional groups attached to an aromatic ring is 1. The van der Waals surface area contributed by atoms with Crippen LogP contribution in [0.15, 0.2) is 18.3 Å². The van der Waals surface area contributed by atoms with Crippen LogP contribution in [-0.4, -0.2) is 24.5 Å². The Bertz CT molecular complexity index is 270. The first kappa shape index (κ1) is 11.3. The molecule has 1 heterocycles. The number of nitrogens with one attached hydrogen (secondary N) is 1. The molecule has 3 N–H and O–H groups in total. The van der Waals surface area contributed by atoms with Crippen molar-refractivity contribution in [2.75, 3.05) is 24.9 Å². The average molecular weight is 213 g/mol. The van der Waals surface area contributed by atoms with Crippen molar-refractivity contribution in [3.63, 3.8) is 0 Å². The number of nitrogens with two attached hydrogens (primary N) is 1. The number of rotatable bonds is 6. The summed E-state index contributed by atoms with van der Waals surface area (Å²) in [7, 11) is 1.71. The number of pyridine rings is 1. The van der Waals surface area contributed by atoms with Gasteiger partial charge < -0.3 is 10.2 Å². The number of hydrazine groups is 1. The van der Waals surface area contributed by atoms with Crippen LogP contribution in [0.3, 0.4) is 0 Å². The Labute approximate surface area is 88.2 Å². The van der Waals surface area contributed by atoms with E-state index >= 15 is 0 Å². The van der Waals surface area contributed by atoms with E-state index in [1.54, 1.807) is 25.1 Å². The number of anilines is 1. The molecule has 1 aromatic rings. The van der Waals surface area contributed by atoms with Crippen LogP contribution in [0, 0.1) is 0 Å². The molecule has 5 heteroatoms. The lowest BCUT2D eigenvalue weighted by atomic mass is 10.3. The average Bonchev–Trinajstić information content (AvgIpc) is 2.25. The lowest BCUT2D eigenvalue weighted by molar-refractivity contribution is 0.218. The van der Waals surface area contributed by atoms with Gasteiger partial charge in [-0.15, -0.1) is 0 Å². The van der Waals surface area contributed by atoms with Crippen LogP contribution in [0.25, 0.3) is 0 Å². The molecule has 0 saturated heterocycles. The molecule has 0 saturated carbocycles. The Morgan fingerprint density at radius 2 is 2.50 bits per heavy atom. The zero-order valence-corrected chi connectivity index (χ0v) is 9.01.